The zero-order valence-electron chi connectivity index (χ0n) is 16.2. The lowest BCUT2D eigenvalue weighted by Crippen LogP contribution is -2.36. The van der Waals surface area contributed by atoms with E-state index in [0.29, 0.717) is 18.2 Å². The van der Waals surface area contributed by atoms with Gasteiger partial charge in [-0.2, -0.15) is 0 Å². The van der Waals surface area contributed by atoms with Gasteiger partial charge >= 0.3 is 7.05 Å². The van der Waals surface area contributed by atoms with Crippen LogP contribution in [0.3, 0.4) is 0 Å². The van der Waals surface area contributed by atoms with Crippen LogP contribution >= 0.6 is 0 Å². The Hall–Kier alpha value is -2.97. The van der Waals surface area contributed by atoms with Gasteiger partial charge in [0.2, 0.25) is 0 Å². The molecule has 0 saturated carbocycles. The molecule has 3 aromatic carbocycles. The molecule has 140 valence electrons. The first-order chi connectivity index (χ1) is 13.6. The largest absolute Gasteiger partial charge is 0.488 e. The number of hydrogen-bond donors (Lipinski definition) is 1. The van der Waals surface area contributed by atoms with Gasteiger partial charge in [-0.1, -0.05) is 49.4 Å². The van der Waals surface area contributed by atoms with Gasteiger partial charge < -0.3 is 14.6 Å². The van der Waals surface area contributed by atoms with Crippen LogP contribution in [0.4, 0.5) is 11.4 Å². The molecular weight excluding hydrogens is 347 g/mol. The molecule has 0 aromatic heterocycles. The predicted octanol–water partition coefficient (Wildman–Crippen LogP) is 5.39. The maximum Gasteiger partial charge on any atom is 0.409 e. The fourth-order valence-electron chi connectivity index (χ4n) is 4.09. The molecule has 0 spiro atoms. The molecule has 0 fully saturated rings. The first kappa shape index (κ1) is 18.4. The van der Waals surface area contributed by atoms with Gasteiger partial charge in [-0.25, -0.2) is 4.85 Å². The predicted molar refractivity (Wildman–Crippen MR) is 115 cm³/mol. The van der Waals surface area contributed by atoms with Crippen LogP contribution in [-0.2, 0) is 6.61 Å². The van der Waals surface area contributed by atoms with Crippen molar-refractivity contribution >= 4 is 29.2 Å². The summed E-state index contributed by atoms with van der Waals surface area (Å²) in [5, 5.41) is 12.4. The second kappa shape index (κ2) is 7.57. The molecule has 3 aromatic rings. The van der Waals surface area contributed by atoms with E-state index in [1.807, 2.05) is 53.3 Å². The summed E-state index contributed by atoms with van der Waals surface area (Å²) < 4.78 is 6.22. The quantitative estimate of drug-likeness (QED) is 0.483. The molecule has 1 unspecified atom stereocenters. The third-order valence-electron chi connectivity index (χ3n) is 5.55. The Morgan fingerprint density at radius 2 is 1.96 bits per heavy atom. The third-order valence-corrected chi connectivity index (χ3v) is 5.55. The minimum Gasteiger partial charge on any atom is -0.488 e. The second-order valence-electron chi connectivity index (χ2n) is 7.31. The van der Waals surface area contributed by atoms with E-state index in [1.165, 1.54) is 5.56 Å². The molecule has 0 bridgehead atoms. The Kier molecular flexibility index (Phi) is 4.98. The maximum absolute atomic E-state index is 10.3. The Labute approximate surface area is 166 Å². The fourth-order valence-corrected chi connectivity index (χ4v) is 4.09. The van der Waals surface area contributed by atoms with Crippen molar-refractivity contribution in [2.75, 3.05) is 11.4 Å². The summed E-state index contributed by atoms with van der Waals surface area (Å²) in [6.45, 7) is 12.6. The molecular formula is C23H23BN2O2. The van der Waals surface area contributed by atoms with Crippen molar-refractivity contribution < 1.29 is 9.76 Å². The molecule has 4 rings (SSSR count). The number of ether oxygens (including phenoxy) is 1. The summed E-state index contributed by atoms with van der Waals surface area (Å²) in [7, 11) is -0.571. The van der Waals surface area contributed by atoms with Crippen LogP contribution < -0.4 is 9.55 Å². The average Bonchev–Trinajstić information content (AvgIpc) is 3.11. The normalized spacial score (nSPS) is 15.4. The second-order valence-corrected chi connectivity index (χ2v) is 7.31. The summed E-state index contributed by atoms with van der Waals surface area (Å²) in [5.74, 6) is 1.12. The minimum atomic E-state index is -0.571. The molecule has 1 heterocycles. The van der Waals surface area contributed by atoms with Gasteiger partial charge in [0.05, 0.1) is 6.57 Å². The zero-order chi connectivity index (χ0) is 19.7. The summed E-state index contributed by atoms with van der Waals surface area (Å²) in [5.41, 5.74) is 3.96. The fraction of sp³-hybridized carbons (Fsp3) is 0.261. The van der Waals surface area contributed by atoms with Crippen LogP contribution in [-0.4, -0.2) is 18.6 Å². The van der Waals surface area contributed by atoms with E-state index in [0.717, 1.165) is 40.7 Å². The van der Waals surface area contributed by atoms with Crippen LogP contribution in [0.15, 0.2) is 54.6 Å². The zero-order valence-corrected chi connectivity index (χ0v) is 16.2. The Morgan fingerprint density at radius 1 is 1.18 bits per heavy atom. The number of nitrogens with zero attached hydrogens (tertiary/aromatic N) is 2. The highest BCUT2D eigenvalue weighted by Gasteiger charge is 2.34. The van der Waals surface area contributed by atoms with E-state index in [1.54, 1.807) is 6.82 Å². The lowest BCUT2D eigenvalue weighted by molar-refractivity contribution is 0.310. The van der Waals surface area contributed by atoms with E-state index in [-0.39, 0.29) is 0 Å². The molecule has 0 amide bonds. The average molecular weight is 370 g/mol. The first-order valence-corrected chi connectivity index (χ1v) is 9.72. The van der Waals surface area contributed by atoms with Gasteiger partial charge in [0.25, 0.3) is 0 Å². The van der Waals surface area contributed by atoms with Crippen LogP contribution in [0.25, 0.3) is 15.6 Å². The molecule has 1 atom stereocenters. The van der Waals surface area contributed by atoms with E-state index >= 15 is 0 Å². The molecule has 1 aliphatic heterocycles. The molecule has 5 heteroatoms. The van der Waals surface area contributed by atoms with Crippen molar-refractivity contribution in [3.63, 3.8) is 0 Å². The van der Waals surface area contributed by atoms with Crippen molar-refractivity contribution in [2.45, 2.75) is 32.7 Å². The topological polar surface area (TPSA) is 37.1 Å². The molecule has 0 aliphatic carbocycles. The van der Waals surface area contributed by atoms with Crippen molar-refractivity contribution in [2.24, 2.45) is 0 Å². The van der Waals surface area contributed by atoms with Gasteiger partial charge in [0.1, 0.15) is 12.4 Å². The van der Waals surface area contributed by atoms with Crippen LogP contribution in [0.1, 0.15) is 30.4 Å². The van der Waals surface area contributed by atoms with Crippen LogP contribution in [0.2, 0.25) is 6.82 Å². The molecule has 1 N–H and O–H groups in total. The van der Waals surface area contributed by atoms with Crippen molar-refractivity contribution in [1.29, 1.82) is 0 Å². The Morgan fingerprint density at radius 3 is 2.64 bits per heavy atom. The van der Waals surface area contributed by atoms with Crippen molar-refractivity contribution in [3.05, 3.63) is 77.1 Å². The summed E-state index contributed by atoms with van der Waals surface area (Å²) in [4.78, 5) is 5.65. The smallest absolute Gasteiger partial charge is 0.409 e. The van der Waals surface area contributed by atoms with Crippen molar-refractivity contribution in [1.82, 2.24) is 0 Å². The van der Waals surface area contributed by atoms with Crippen LogP contribution in [0, 0.1) is 6.57 Å². The van der Waals surface area contributed by atoms with Crippen LogP contribution in [0.5, 0.6) is 5.75 Å². The molecule has 4 nitrogen and oxygen atoms in total. The Balaban J connectivity index is 1.86. The van der Waals surface area contributed by atoms with E-state index in [2.05, 4.69) is 17.8 Å². The standard InChI is InChI=1S/C23H23BN2O2/c1-4-17-14-26(24(2)27)21-13-22(28-15-16-8-6-5-7-9-16)19-11-10-18(25-3)12-20(19)23(17)21/h5-13,17,27H,4,14-15H2,1-2H3. The highest BCUT2D eigenvalue weighted by Crippen LogP contribution is 2.47. The highest BCUT2D eigenvalue weighted by molar-refractivity contribution is 6.54. The lowest BCUT2D eigenvalue weighted by atomic mass is 9.85. The van der Waals surface area contributed by atoms with Crippen molar-refractivity contribution in [3.8, 4) is 5.75 Å². The maximum atomic E-state index is 10.3. The highest BCUT2D eigenvalue weighted by atomic mass is 16.5. The van der Waals surface area contributed by atoms with E-state index in [4.69, 9.17) is 11.3 Å². The van der Waals surface area contributed by atoms with Gasteiger partial charge in [-0.05, 0) is 35.8 Å². The van der Waals surface area contributed by atoms with Gasteiger partial charge in [0.15, 0.2) is 5.69 Å². The number of benzene rings is 3. The summed E-state index contributed by atoms with van der Waals surface area (Å²) in [6, 6.07) is 17.9. The molecule has 0 radical (unpaired) electrons. The number of fused-ring (bicyclic) bond motifs is 3. The lowest BCUT2D eigenvalue weighted by Gasteiger charge is -2.22. The molecule has 1 aliphatic rings. The summed E-state index contributed by atoms with van der Waals surface area (Å²) in [6.07, 6.45) is 0.984. The van der Waals surface area contributed by atoms with Gasteiger partial charge in [0, 0.05) is 29.6 Å². The SMILES string of the molecule is [C-]#[N+]c1ccc2c(OCc3ccccc3)cc3c(c2c1)C(CC)CN3B(C)O. The molecule has 28 heavy (non-hydrogen) atoms. The minimum absolute atomic E-state index is 0.330. The monoisotopic (exact) mass is 370 g/mol. The van der Waals surface area contributed by atoms with Gasteiger partial charge in [-0.15, -0.1) is 0 Å². The third kappa shape index (κ3) is 3.21. The number of hydrogen-bond acceptors (Lipinski definition) is 3. The number of anilines is 1. The van der Waals surface area contributed by atoms with E-state index < -0.39 is 7.05 Å². The Bertz CT molecular complexity index is 1040. The summed E-state index contributed by atoms with van der Waals surface area (Å²) >= 11 is 0. The molecule has 0 saturated heterocycles. The van der Waals surface area contributed by atoms with E-state index in [9.17, 15) is 5.02 Å². The van der Waals surface area contributed by atoms with Gasteiger partial charge in [-0.3, -0.25) is 0 Å². The number of rotatable bonds is 5. The first-order valence-electron chi connectivity index (χ1n) is 9.72.